The van der Waals surface area contributed by atoms with Crippen molar-refractivity contribution in [3.8, 4) is 0 Å². The Labute approximate surface area is 144 Å². The van der Waals surface area contributed by atoms with Gasteiger partial charge in [0, 0.05) is 6.42 Å². The molecular weight excluding hydrogens is 227 g/mol. The molecule has 0 aliphatic heterocycles. The summed E-state index contributed by atoms with van der Waals surface area (Å²) < 4.78 is 0. The summed E-state index contributed by atoms with van der Waals surface area (Å²) in [5.41, 5.74) is 0. The van der Waals surface area contributed by atoms with E-state index in [1.165, 1.54) is 51.4 Å². The van der Waals surface area contributed by atoms with E-state index in [2.05, 4.69) is 6.92 Å². The maximum Gasteiger partial charge on any atom is 1.00 e. The first-order valence-corrected chi connectivity index (χ1v) is 6.49. The fourth-order valence-corrected chi connectivity index (χ4v) is 1.76. The van der Waals surface area contributed by atoms with E-state index in [9.17, 15) is 4.79 Å². The first-order valence-electron chi connectivity index (χ1n) is 6.49. The van der Waals surface area contributed by atoms with Crippen molar-refractivity contribution < 1.29 is 62.7 Å². The molecule has 0 radical (unpaired) electrons. The third kappa shape index (κ3) is 17.5. The number of carboxylic acids is 1. The Morgan fingerprint density at radius 3 is 1.62 bits per heavy atom. The SMILES string of the molecule is CCCCCCCCCCCCC(=O)O.[H-].[K+]. The van der Waals surface area contributed by atoms with Crippen molar-refractivity contribution in [2.45, 2.75) is 77.6 Å². The Morgan fingerprint density at radius 1 is 0.875 bits per heavy atom. The minimum Gasteiger partial charge on any atom is -1.00 e. The van der Waals surface area contributed by atoms with Crippen LogP contribution in [0.25, 0.3) is 0 Å². The summed E-state index contributed by atoms with van der Waals surface area (Å²) >= 11 is 0. The summed E-state index contributed by atoms with van der Waals surface area (Å²) in [4.78, 5) is 10.2. The Bertz CT molecular complexity index is 154. The summed E-state index contributed by atoms with van der Waals surface area (Å²) in [6.45, 7) is 2.24. The average molecular weight is 254 g/mol. The summed E-state index contributed by atoms with van der Waals surface area (Å²) in [5, 5.41) is 8.44. The number of unbranched alkanes of at least 4 members (excludes halogenated alkanes) is 9. The molecule has 0 bridgehead atoms. The third-order valence-corrected chi connectivity index (χ3v) is 2.74. The predicted octanol–water partition coefficient (Wildman–Crippen LogP) is 1.50. The van der Waals surface area contributed by atoms with Gasteiger partial charge in [0.2, 0.25) is 0 Å². The zero-order chi connectivity index (χ0) is 11.4. The topological polar surface area (TPSA) is 37.3 Å². The van der Waals surface area contributed by atoms with Gasteiger partial charge in [-0.05, 0) is 6.42 Å². The number of hydrogen-bond donors (Lipinski definition) is 1. The van der Waals surface area contributed by atoms with Crippen molar-refractivity contribution in [2.75, 3.05) is 0 Å². The summed E-state index contributed by atoms with van der Waals surface area (Å²) in [6, 6.07) is 0. The van der Waals surface area contributed by atoms with E-state index >= 15 is 0 Å². The second kappa shape index (κ2) is 16.1. The largest absolute Gasteiger partial charge is 1.00 e. The first kappa shape index (κ1) is 19.4. The van der Waals surface area contributed by atoms with Gasteiger partial charge in [-0.15, -0.1) is 0 Å². The Hall–Kier alpha value is 1.11. The van der Waals surface area contributed by atoms with E-state index in [0.29, 0.717) is 6.42 Å². The van der Waals surface area contributed by atoms with Gasteiger partial charge in [-0.1, -0.05) is 64.7 Å². The maximum absolute atomic E-state index is 10.2. The van der Waals surface area contributed by atoms with Crippen LogP contribution >= 0.6 is 0 Å². The van der Waals surface area contributed by atoms with Crippen LogP contribution in [0, 0.1) is 0 Å². The fraction of sp³-hybridized carbons (Fsp3) is 0.923. The molecule has 0 aromatic rings. The van der Waals surface area contributed by atoms with Crippen LogP contribution in [-0.2, 0) is 4.79 Å². The average Bonchev–Trinajstić information content (AvgIpc) is 2.20. The summed E-state index contributed by atoms with van der Waals surface area (Å²) in [6.07, 6.45) is 12.9. The van der Waals surface area contributed by atoms with Crippen LogP contribution in [0.4, 0.5) is 0 Å². The van der Waals surface area contributed by atoms with Crippen molar-refractivity contribution in [3.05, 3.63) is 0 Å². The number of carbonyl (C=O) groups is 1. The molecule has 0 saturated heterocycles. The number of aliphatic carboxylic acids is 1. The van der Waals surface area contributed by atoms with Gasteiger partial charge in [0.25, 0.3) is 0 Å². The van der Waals surface area contributed by atoms with Crippen molar-refractivity contribution in [3.63, 3.8) is 0 Å². The molecule has 0 spiro atoms. The second-order valence-corrected chi connectivity index (χ2v) is 4.33. The molecule has 16 heavy (non-hydrogen) atoms. The molecule has 0 heterocycles. The molecular formula is C13H27KO2. The second-order valence-electron chi connectivity index (χ2n) is 4.33. The van der Waals surface area contributed by atoms with Crippen LogP contribution < -0.4 is 51.4 Å². The Balaban J connectivity index is -0.000000980. The van der Waals surface area contributed by atoms with Gasteiger partial charge in [-0.2, -0.15) is 0 Å². The minimum atomic E-state index is -0.658. The van der Waals surface area contributed by atoms with Crippen LogP contribution in [0.1, 0.15) is 79.0 Å². The van der Waals surface area contributed by atoms with E-state index in [0.717, 1.165) is 12.8 Å². The monoisotopic (exact) mass is 254 g/mol. The summed E-state index contributed by atoms with van der Waals surface area (Å²) in [7, 11) is 0. The number of rotatable bonds is 11. The standard InChI is InChI=1S/C13H26O2.K.H/c1-2-3-4-5-6-7-8-9-10-11-12-13(14)15;;/h2-12H2,1H3,(H,14,15);;/q;+1;-1. The first-order chi connectivity index (χ1) is 7.27. The smallest absolute Gasteiger partial charge is 1.00 e. The zero-order valence-corrected chi connectivity index (χ0v) is 14.3. The quantitative estimate of drug-likeness (QED) is 0.448. The van der Waals surface area contributed by atoms with Crippen molar-refractivity contribution in [1.82, 2.24) is 0 Å². The van der Waals surface area contributed by atoms with Gasteiger partial charge in [0.15, 0.2) is 0 Å². The molecule has 0 rings (SSSR count). The molecule has 0 amide bonds. The van der Waals surface area contributed by atoms with Gasteiger partial charge in [-0.3, -0.25) is 4.79 Å². The van der Waals surface area contributed by atoms with Gasteiger partial charge < -0.3 is 6.53 Å². The molecule has 0 aromatic heterocycles. The third-order valence-electron chi connectivity index (χ3n) is 2.74. The molecule has 2 nitrogen and oxygen atoms in total. The van der Waals surface area contributed by atoms with Crippen molar-refractivity contribution in [2.24, 2.45) is 0 Å². The maximum atomic E-state index is 10.2. The van der Waals surface area contributed by atoms with E-state index in [1.807, 2.05) is 0 Å². The van der Waals surface area contributed by atoms with E-state index in [4.69, 9.17) is 5.11 Å². The van der Waals surface area contributed by atoms with E-state index in [1.54, 1.807) is 0 Å². The van der Waals surface area contributed by atoms with Crippen LogP contribution in [0.3, 0.4) is 0 Å². The Kier molecular flexibility index (Phi) is 19.6. The zero-order valence-electron chi connectivity index (χ0n) is 12.1. The molecule has 1 N–H and O–H groups in total. The molecule has 3 heteroatoms. The normalized spacial score (nSPS) is 9.81. The van der Waals surface area contributed by atoms with Gasteiger partial charge in [0.1, 0.15) is 0 Å². The molecule has 0 saturated carbocycles. The molecule has 92 valence electrons. The number of hydrogen-bond acceptors (Lipinski definition) is 1. The van der Waals surface area contributed by atoms with E-state index in [-0.39, 0.29) is 52.8 Å². The van der Waals surface area contributed by atoms with Gasteiger partial charge in [0.05, 0.1) is 0 Å². The van der Waals surface area contributed by atoms with Crippen LogP contribution in [-0.4, -0.2) is 11.1 Å². The van der Waals surface area contributed by atoms with Gasteiger partial charge in [-0.25, -0.2) is 0 Å². The fourth-order valence-electron chi connectivity index (χ4n) is 1.76. The minimum absolute atomic E-state index is 0. The molecule has 0 unspecified atom stereocenters. The molecule has 0 atom stereocenters. The van der Waals surface area contributed by atoms with Crippen LogP contribution in [0.15, 0.2) is 0 Å². The van der Waals surface area contributed by atoms with Crippen molar-refractivity contribution in [1.29, 1.82) is 0 Å². The summed E-state index contributed by atoms with van der Waals surface area (Å²) in [5.74, 6) is -0.658. The molecule has 0 aliphatic carbocycles. The molecule has 0 aliphatic rings. The molecule has 0 aromatic carbocycles. The van der Waals surface area contributed by atoms with Gasteiger partial charge >= 0.3 is 57.4 Å². The van der Waals surface area contributed by atoms with Crippen LogP contribution in [0.5, 0.6) is 0 Å². The van der Waals surface area contributed by atoms with E-state index < -0.39 is 5.97 Å². The Morgan fingerprint density at radius 2 is 1.25 bits per heavy atom. The predicted molar refractivity (Wildman–Crippen MR) is 65.2 cm³/mol. The molecule has 0 fully saturated rings. The van der Waals surface area contributed by atoms with Crippen LogP contribution in [0.2, 0.25) is 0 Å². The van der Waals surface area contributed by atoms with Crippen molar-refractivity contribution >= 4 is 5.97 Å². The number of carboxylic acid groups (broad SMARTS) is 1.